The summed E-state index contributed by atoms with van der Waals surface area (Å²) in [4.78, 5) is 11.1. The Bertz CT molecular complexity index is 565. The smallest absolute Gasteiger partial charge is 0.393 e. The lowest BCUT2D eigenvalue weighted by molar-refractivity contribution is -0.158. The minimum absolute atomic E-state index is 0.439. The number of alkyl halides is 3. The van der Waals surface area contributed by atoms with Gasteiger partial charge in [0.2, 0.25) is 0 Å². The summed E-state index contributed by atoms with van der Waals surface area (Å²) in [6.45, 7) is -0.527. The van der Waals surface area contributed by atoms with Crippen molar-refractivity contribution in [3.63, 3.8) is 0 Å². The van der Waals surface area contributed by atoms with Crippen molar-refractivity contribution >= 4 is 17.2 Å². The van der Waals surface area contributed by atoms with Crippen molar-refractivity contribution in [2.75, 3.05) is 0 Å². The molecule has 1 unspecified atom stereocenters. The molecule has 1 aliphatic rings. The van der Waals surface area contributed by atoms with E-state index in [1.165, 1.54) is 10.6 Å². The molecule has 0 aromatic carbocycles. The third-order valence-corrected chi connectivity index (χ3v) is 3.64. The van der Waals surface area contributed by atoms with Crippen molar-refractivity contribution in [2.24, 2.45) is 11.7 Å². The standard InChI is InChI=1S/C12H13F3N2OS/c13-12(14,15)8(11(16)19)6-17-9-3-1-2-7(9)4-5-10(17)18/h4-5,8H,1-3,6H2,(H2,16,19). The van der Waals surface area contributed by atoms with Crippen LogP contribution in [0.3, 0.4) is 0 Å². The fraction of sp³-hybridized carbons (Fsp3) is 0.500. The summed E-state index contributed by atoms with van der Waals surface area (Å²) >= 11 is 4.48. The van der Waals surface area contributed by atoms with Crippen molar-refractivity contribution in [3.05, 3.63) is 33.7 Å². The normalized spacial score (nSPS) is 16.2. The van der Waals surface area contributed by atoms with Crippen LogP contribution < -0.4 is 11.3 Å². The number of thiocarbonyl (C=S) groups is 1. The Hall–Kier alpha value is -1.37. The highest BCUT2D eigenvalue weighted by molar-refractivity contribution is 7.80. The van der Waals surface area contributed by atoms with Crippen LogP contribution in [-0.2, 0) is 19.4 Å². The molecule has 2 rings (SSSR count). The first-order chi connectivity index (χ1) is 8.80. The highest BCUT2D eigenvalue weighted by Gasteiger charge is 2.42. The molecule has 0 bridgehead atoms. The number of hydrogen-bond acceptors (Lipinski definition) is 2. The minimum atomic E-state index is -4.54. The molecule has 1 atom stereocenters. The zero-order valence-corrected chi connectivity index (χ0v) is 10.9. The fourth-order valence-electron chi connectivity index (χ4n) is 2.37. The van der Waals surface area contributed by atoms with E-state index in [1.807, 2.05) is 0 Å². The summed E-state index contributed by atoms with van der Waals surface area (Å²) in [7, 11) is 0. The Morgan fingerprint density at radius 1 is 1.42 bits per heavy atom. The molecule has 1 heterocycles. The highest BCUT2D eigenvalue weighted by atomic mass is 32.1. The third-order valence-electron chi connectivity index (χ3n) is 3.35. The van der Waals surface area contributed by atoms with Gasteiger partial charge in [-0.05, 0) is 24.8 Å². The molecule has 1 aromatic rings. The van der Waals surface area contributed by atoms with Gasteiger partial charge < -0.3 is 10.3 Å². The lowest BCUT2D eigenvalue weighted by atomic mass is 10.1. The number of halogens is 3. The first-order valence-corrected chi connectivity index (χ1v) is 6.29. The van der Waals surface area contributed by atoms with Gasteiger partial charge >= 0.3 is 6.18 Å². The van der Waals surface area contributed by atoms with Crippen LogP contribution in [0.25, 0.3) is 0 Å². The van der Waals surface area contributed by atoms with Crippen LogP contribution in [0.1, 0.15) is 17.7 Å². The zero-order valence-electron chi connectivity index (χ0n) is 10.0. The average Bonchev–Trinajstić information content (AvgIpc) is 2.73. The molecular weight excluding hydrogens is 277 g/mol. The van der Waals surface area contributed by atoms with Crippen LogP contribution in [0, 0.1) is 5.92 Å². The number of nitrogens with zero attached hydrogens (tertiary/aromatic N) is 1. The second-order valence-corrected chi connectivity index (χ2v) is 5.08. The van der Waals surface area contributed by atoms with Gasteiger partial charge in [-0.1, -0.05) is 18.3 Å². The molecule has 3 nitrogen and oxygen atoms in total. The zero-order chi connectivity index (χ0) is 14.2. The Kier molecular flexibility index (Phi) is 3.66. The van der Waals surface area contributed by atoms with Crippen LogP contribution >= 0.6 is 12.2 Å². The summed E-state index contributed by atoms with van der Waals surface area (Å²) in [5.74, 6) is -1.97. The molecule has 2 N–H and O–H groups in total. The SMILES string of the molecule is NC(=S)C(Cn1c2c(ccc1=O)CCC2)C(F)(F)F. The van der Waals surface area contributed by atoms with Crippen molar-refractivity contribution in [1.29, 1.82) is 0 Å². The molecule has 0 spiro atoms. The van der Waals surface area contributed by atoms with E-state index in [1.54, 1.807) is 6.07 Å². The van der Waals surface area contributed by atoms with Gasteiger partial charge in [-0.15, -0.1) is 0 Å². The molecule has 1 aliphatic carbocycles. The molecule has 19 heavy (non-hydrogen) atoms. The number of nitrogens with two attached hydrogens (primary N) is 1. The summed E-state index contributed by atoms with van der Waals surface area (Å²) in [5.41, 5.74) is 6.34. The molecule has 0 amide bonds. The van der Waals surface area contributed by atoms with E-state index in [0.29, 0.717) is 12.1 Å². The van der Waals surface area contributed by atoms with Gasteiger partial charge in [-0.2, -0.15) is 13.2 Å². The highest BCUT2D eigenvalue weighted by Crippen LogP contribution is 2.29. The van der Waals surface area contributed by atoms with E-state index >= 15 is 0 Å². The maximum absolute atomic E-state index is 12.9. The molecule has 7 heteroatoms. The second-order valence-electron chi connectivity index (χ2n) is 4.60. The first-order valence-electron chi connectivity index (χ1n) is 5.88. The second kappa shape index (κ2) is 4.96. The van der Waals surface area contributed by atoms with Gasteiger partial charge in [0.1, 0.15) is 5.92 Å². The van der Waals surface area contributed by atoms with Crippen LogP contribution in [0.4, 0.5) is 13.2 Å². The Labute approximate surface area is 113 Å². The molecule has 0 saturated carbocycles. The van der Waals surface area contributed by atoms with Crippen molar-refractivity contribution < 1.29 is 13.2 Å². The first kappa shape index (κ1) is 14.0. The van der Waals surface area contributed by atoms with Gasteiger partial charge in [-0.25, -0.2) is 0 Å². The lowest BCUT2D eigenvalue weighted by Crippen LogP contribution is -2.40. The van der Waals surface area contributed by atoms with E-state index < -0.39 is 29.2 Å². The molecular formula is C12H13F3N2OS. The maximum Gasteiger partial charge on any atom is 0.399 e. The monoisotopic (exact) mass is 290 g/mol. The van der Waals surface area contributed by atoms with Crippen LogP contribution in [-0.4, -0.2) is 15.7 Å². The van der Waals surface area contributed by atoms with Crippen LogP contribution in [0.15, 0.2) is 16.9 Å². The molecule has 104 valence electrons. The maximum atomic E-state index is 12.9. The van der Waals surface area contributed by atoms with E-state index in [4.69, 9.17) is 5.73 Å². The lowest BCUT2D eigenvalue weighted by Gasteiger charge is -2.21. The number of aryl methyl sites for hydroxylation is 1. The van der Waals surface area contributed by atoms with Crippen molar-refractivity contribution in [3.8, 4) is 0 Å². The molecule has 0 saturated heterocycles. The van der Waals surface area contributed by atoms with Gasteiger partial charge in [0.05, 0.1) is 4.99 Å². The molecule has 0 fully saturated rings. The van der Waals surface area contributed by atoms with Gasteiger partial charge in [-0.3, -0.25) is 4.79 Å². The molecule has 1 aromatic heterocycles. The molecule has 0 radical (unpaired) electrons. The number of hydrogen-bond donors (Lipinski definition) is 1. The van der Waals surface area contributed by atoms with E-state index in [9.17, 15) is 18.0 Å². The Balaban J connectivity index is 2.41. The minimum Gasteiger partial charge on any atom is -0.393 e. The predicted molar refractivity (Wildman–Crippen MR) is 69.1 cm³/mol. The van der Waals surface area contributed by atoms with Gasteiger partial charge in [0, 0.05) is 18.3 Å². The predicted octanol–water partition coefficient (Wildman–Crippen LogP) is 1.80. The van der Waals surface area contributed by atoms with Crippen LogP contribution in [0.2, 0.25) is 0 Å². The number of rotatable bonds is 3. The van der Waals surface area contributed by atoms with E-state index in [-0.39, 0.29) is 0 Å². The summed E-state index contributed by atoms with van der Waals surface area (Å²) in [5, 5.41) is 0. The number of pyridine rings is 1. The fourth-order valence-corrected chi connectivity index (χ4v) is 2.58. The average molecular weight is 290 g/mol. The molecule has 0 aliphatic heterocycles. The topological polar surface area (TPSA) is 48.0 Å². The third kappa shape index (κ3) is 2.80. The Morgan fingerprint density at radius 2 is 2.11 bits per heavy atom. The summed E-state index contributed by atoms with van der Waals surface area (Å²) in [6, 6.07) is 2.99. The number of aromatic nitrogens is 1. The van der Waals surface area contributed by atoms with Gasteiger partial charge in [0.25, 0.3) is 5.56 Å². The summed E-state index contributed by atoms with van der Waals surface area (Å²) < 4.78 is 39.7. The summed E-state index contributed by atoms with van der Waals surface area (Å²) in [6.07, 6.45) is -2.28. The van der Waals surface area contributed by atoms with E-state index in [2.05, 4.69) is 12.2 Å². The van der Waals surface area contributed by atoms with E-state index in [0.717, 1.165) is 18.4 Å². The van der Waals surface area contributed by atoms with Gasteiger partial charge in [0.15, 0.2) is 0 Å². The van der Waals surface area contributed by atoms with Crippen LogP contribution in [0.5, 0.6) is 0 Å². The number of fused-ring (bicyclic) bond motifs is 1. The van der Waals surface area contributed by atoms with Crippen molar-refractivity contribution in [2.45, 2.75) is 32.0 Å². The Morgan fingerprint density at radius 3 is 2.68 bits per heavy atom. The largest absolute Gasteiger partial charge is 0.399 e. The quantitative estimate of drug-likeness (QED) is 0.864. The van der Waals surface area contributed by atoms with Crippen molar-refractivity contribution in [1.82, 2.24) is 4.57 Å².